The van der Waals surface area contributed by atoms with E-state index in [9.17, 15) is 4.79 Å². The monoisotopic (exact) mass is 407 g/mol. The molecule has 1 aromatic heterocycles. The lowest BCUT2D eigenvalue weighted by Crippen LogP contribution is -2.51. The van der Waals surface area contributed by atoms with Crippen molar-refractivity contribution in [2.75, 3.05) is 44.2 Å². The van der Waals surface area contributed by atoms with Crippen molar-refractivity contribution in [3.8, 4) is 5.75 Å². The first-order valence-corrected chi connectivity index (χ1v) is 11.0. The number of para-hydroxylation sites is 1. The van der Waals surface area contributed by atoms with Crippen molar-refractivity contribution in [1.29, 1.82) is 0 Å². The maximum atomic E-state index is 13.2. The number of ether oxygens (including phenoxy) is 1. The number of piperazine rings is 1. The van der Waals surface area contributed by atoms with Crippen LogP contribution >= 0.6 is 0 Å². The minimum absolute atomic E-state index is 0.131. The molecule has 0 aliphatic carbocycles. The molecule has 7 heteroatoms. The van der Waals surface area contributed by atoms with Crippen LogP contribution < -0.4 is 15.0 Å². The number of anilines is 1. The molecule has 7 nitrogen and oxygen atoms in total. The Morgan fingerprint density at radius 3 is 2.57 bits per heavy atom. The first kappa shape index (κ1) is 19.3. The van der Waals surface area contributed by atoms with Crippen molar-refractivity contribution in [3.05, 3.63) is 48.3 Å². The molecule has 0 saturated carbocycles. The second-order valence-corrected chi connectivity index (χ2v) is 8.59. The van der Waals surface area contributed by atoms with Gasteiger partial charge in [0.05, 0.1) is 0 Å². The number of rotatable bonds is 3. The molecule has 4 heterocycles. The fourth-order valence-electron chi connectivity index (χ4n) is 5.07. The zero-order chi connectivity index (χ0) is 20.4. The molecule has 0 bridgehead atoms. The lowest BCUT2D eigenvalue weighted by Gasteiger charge is -2.45. The predicted molar refractivity (Wildman–Crippen MR) is 115 cm³/mol. The Balaban J connectivity index is 1.26. The highest BCUT2D eigenvalue weighted by atomic mass is 16.5. The third kappa shape index (κ3) is 3.86. The molecule has 1 spiro atoms. The quantitative estimate of drug-likeness (QED) is 0.841. The fourth-order valence-corrected chi connectivity index (χ4v) is 5.07. The summed E-state index contributed by atoms with van der Waals surface area (Å²) >= 11 is 0. The summed E-state index contributed by atoms with van der Waals surface area (Å²) in [5, 5.41) is 3.44. The molecule has 1 amide bonds. The summed E-state index contributed by atoms with van der Waals surface area (Å²) in [6, 6.07) is 10.1. The highest BCUT2D eigenvalue weighted by Gasteiger charge is 2.42. The summed E-state index contributed by atoms with van der Waals surface area (Å²) in [4.78, 5) is 26.0. The number of fused-ring (bicyclic) bond motifs is 1. The highest BCUT2D eigenvalue weighted by molar-refractivity contribution is 5.77. The minimum Gasteiger partial charge on any atom is -0.487 e. The molecule has 30 heavy (non-hydrogen) atoms. The number of amides is 1. The van der Waals surface area contributed by atoms with E-state index in [1.807, 2.05) is 17.0 Å². The number of piperidine rings is 1. The van der Waals surface area contributed by atoms with Crippen LogP contribution in [-0.4, -0.2) is 65.6 Å². The van der Waals surface area contributed by atoms with Crippen LogP contribution in [0.3, 0.4) is 0 Å². The van der Waals surface area contributed by atoms with Gasteiger partial charge < -0.3 is 19.9 Å². The van der Waals surface area contributed by atoms with Gasteiger partial charge in [0.15, 0.2) is 0 Å². The van der Waals surface area contributed by atoms with E-state index in [1.165, 1.54) is 5.56 Å². The fraction of sp³-hybridized carbons (Fsp3) is 0.522. The van der Waals surface area contributed by atoms with Crippen molar-refractivity contribution in [1.82, 2.24) is 20.2 Å². The molecule has 1 N–H and O–H groups in total. The lowest BCUT2D eigenvalue weighted by molar-refractivity contribution is -0.132. The smallest absolute Gasteiger partial charge is 0.225 e. The lowest BCUT2D eigenvalue weighted by atomic mass is 9.76. The molecule has 158 valence electrons. The predicted octanol–water partition coefficient (Wildman–Crippen LogP) is 2.20. The van der Waals surface area contributed by atoms with Gasteiger partial charge in [-0.1, -0.05) is 18.2 Å². The van der Waals surface area contributed by atoms with Crippen molar-refractivity contribution >= 4 is 11.9 Å². The number of hydrogen-bond acceptors (Lipinski definition) is 6. The van der Waals surface area contributed by atoms with Crippen molar-refractivity contribution in [3.63, 3.8) is 0 Å². The largest absolute Gasteiger partial charge is 0.487 e. The van der Waals surface area contributed by atoms with E-state index in [-0.39, 0.29) is 17.4 Å². The number of aromatic nitrogens is 2. The normalized spacial score (nSPS) is 23.0. The van der Waals surface area contributed by atoms with Gasteiger partial charge >= 0.3 is 0 Å². The van der Waals surface area contributed by atoms with Gasteiger partial charge in [0, 0.05) is 50.9 Å². The van der Waals surface area contributed by atoms with Crippen LogP contribution in [0.1, 0.15) is 37.2 Å². The van der Waals surface area contributed by atoms with Crippen molar-refractivity contribution in [2.24, 2.45) is 0 Å². The van der Waals surface area contributed by atoms with Crippen molar-refractivity contribution in [2.45, 2.75) is 37.2 Å². The Morgan fingerprint density at radius 1 is 1.07 bits per heavy atom. The number of hydrogen-bond donors (Lipinski definition) is 1. The Labute approximate surface area is 177 Å². The summed E-state index contributed by atoms with van der Waals surface area (Å²) in [5.41, 5.74) is 1.06. The maximum Gasteiger partial charge on any atom is 0.225 e. The summed E-state index contributed by atoms with van der Waals surface area (Å²) in [6.45, 7) is 4.94. The summed E-state index contributed by atoms with van der Waals surface area (Å²) in [5.74, 6) is 2.18. The Kier molecular flexibility index (Phi) is 5.29. The zero-order valence-electron chi connectivity index (χ0n) is 17.3. The second-order valence-electron chi connectivity index (χ2n) is 8.59. The number of carbonyl (C=O) groups is 1. The highest BCUT2D eigenvalue weighted by Crippen LogP contribution is 2.46. The third-order valence-corrected chi connectivity index (χ3v) is 6.71. The molecule has 2 aromatic rings. The number of nitrogens with one attached hydrogen (secondary N) is 1. The van der Waals surface area contributed by atoms with Gasteiger partial charge in [-0.3, -0.25) is 4.79 Å². The Morgan fingerprint density at radius 2 is 1.80 bits per heavy atom. The molecule has 1 atom stereocenters. The van der Waals surface area contributed by atoms with Gasteiger partial charge in [-0.2, -0.15) is 0 Å². The average molecular weight is 408 g/mol. The van der Waals surface area contributed by atoms with E-state index in [2.05, 4.69) is 38.4 Å². The van der Waals surface area contributed by atoms with Gasteiger partial charge in [-0.25, -0.2) is 9.97 Å². The van der Waals surface area contributed by atoms with E-state index >= 15 is 0 Å². The minimum atomic E-state index is -0.131. The Hall–Kier alpha value is -2.67. The van der Waals surface area contributed by atoms with Gasteiger partial charge in [0.2, 0.25) is 11.9 Å². The molecule has 3 aliphatic heterocycles. The van der Waals surface area contributed by atoms with E-state index < -0.39 is 0 Å². The van der Waals surface area contributed by atoms with Gasteiger partial charge in [-0.15, -0.1) is 0 Å². The number of benzene rings is 1. The summed E-state index contributed by atoms with van der Waals surface area (Å²) in [7, 11) is 0. The van der Waals surface area contributed by atoms with Gasteiger partial charge in [0.1, 0.15) is 11.4 Å². The first-order chi connectivity index (χ1) is 14.7. The van der Waals surface area contributed by atoms with Crippen molar-refractivity contribution < 1.29 is 9.53 Å². The van der Waals surface area contributed by atoms with E-state index in [1.54, 1.807) is 12.4 Å². The van der Waals surface area contributed by atoms with E-state index in [0.717, 1.165) is 70.2 Å². The number of nitrogens with zero attached hydrogens (tertiary/aromatic N) is 4. The SMILES string of the molecule is O=C(CC1CC2(CCNCC2)Oc2ccccc21)N1CCN(c2ncccn2)CC1. The third-order valence-electron chi connectivity index (χ3n) is 6.71. The molecule has 2 saturated heterocycles. The number of carbonyl (C=O) groups excluding carboxylic acids is 1. The first-order valence-electron chi connectivity index (χ1n) is 11.0. The Bertz CT molecular complexity index is 876. The van der Waals surface area contributed by atoms with Crippen LogP contribution in [0.25, 0.3) is 0 Å². The van der Waals surface area contributed by atoms with Crippen LogP contribution in [-0.2, 0) is 4.79 Å². The molecule has 1 aromatic carbocycles. The van der Waals surface area contributed by atoms with E-state index in [0.29, 0.717) is 6.42 Å². The molecule has 2 fully saturated rings. The molecule has 1 unspecified atom stereocenters. The summed E-state index contributed by atoms with van der Waals surface area (Å²) in [6.07, 6.45) is 7.01. The molecule has 0 radical (unpaired) electrons. The molecule has 5 rings (SSSR count). The summed E-state index contributed by atoms with van der Waals surface area (Å²) < 4.78 is 6.50. The van der Waals surface area contributed by atoms with Crippen LogP contribution in [0, 0.1) is 0 Å². The van der Waals surface area contributed by atoms with Crippen LogP contribution in [0.4, 0.5) is 5.95 Å². The van der Waals surface area contributed by atoms with Crippen LogP contribution in [0.5, 0.6) is 5.75 Å². The maximum absolute atomic E-state index is 13.2. The molecular weight excluding hydrogens is 378 g/mol. The second kappa shape index (κ2) is 8.22. The standard InChI is InChI=1S/C23H29N5O2/c29-21(27-12-14-28(15-13-27)22-25-8-3-9-26-22)16-18-17-23(6-10-24-11-7-23)30-20-5-2-1-4-19(18)20/h1-5,8-9,18,24H,6-7,10-17H2. The van der Waals surface area contributed by atoms with Crippen LogP contribution in [0.2, 0.25) is 0 Å². The average Bonchev–Trinajstić information content (AvgIpc) is 2.80. The van der Waals surface area contributed by atoms with Gasteiger partial charge in [-0.05, 0) is 50.0 Å². The van der Waals surface area contributed by atoms with Crippen LogP contribution in [0.15, 0.2) is 42.7 Å². The molecule has 3 aliphatic rings. The molecular formula is C23H29N5O2. The van der Waals surface area contributed by atoms with Gasteiger partial charge in [0.25, 0.3) is 0 Å². The topological polar surface area (TPSA) is 70.6 Å². The zero-order valence-corrected chi connectivity index (χ0v) is 17.3. The van der Waals surface area contributed by atoms with E-state index in [4.69, 9.17) is 4.74 Å².